The van der Waals surface area contributed by atoms with E-state index in [9.17, 15) is 0 Å². The van der Waals surface area contributed by atoms with Gasteiger partial charge in [-0.3, -0.25) is 4.90 Å². The number of H-pyrrole nitrogens is 1. The molecule has 0 saturated carbocycles. The number of aromatic nitrogens is 1. The molecule has 0 unspecified atom stereocenters. The summed E-state index contributed by atoms with van der Waals surface area (Å²) in [5.41, 5.74) is 3.48. The molecule has 0 radical (unpaired) electrons. The summed E-state index contributed by atoms with van der Waals surface area (Å²) in [7, 11) is 1.74. The van der Waals surface area contributed by atoms with Crippen LogP contribution < -0.4 is 14.4 Å². The van der Waals surface area contributed by atoms with Gasteiger partial charge in [0, 0.05) is 49.0 Å². The van der Waals surface area contributed by atoms with E-state index in [4.69, 9.17) is 9.47 Å². The topological polar surface area (TPSA) is 40.7 Å². The standard InChI is InChI=1S/C26H29N3O2/c1-30-24-12-5-4-11-23(24)29-17-15-28(16-18-29)14-7-19-31-25-13-6-10-22-26(25)20-8-2-3-9-21(20)27-22/h2-6,8-13,27H,7,14-19H2,1H3. The van der Waals surface area contributed by atoms with Gasteiger partial charge in [0.05, 0.1) is 24.9 Å². The van der Waals surface area contributed by atoms with Crippen molar-refractivity contribution in [2.75, 3.05) is 51.3 Å². The summed E-state index contributed by atoms with van der Waals surface area (Å²) in [5, 5.41) is 2.41. The monoisotopic (exact) mass is 415 g/mol. The Labute approximate surface area is 183 Å². The number of methoxy groups -OCH3 is 1. The number of rotatable bonds is 7. The minimum absolute atomic E-state index is 0.728. The Hall–Kier alpha value is -3.18. The van der Waals surface area contributed by atoms with Crippen LogP contribution in [0, 0.1) is 0 Å². The van der Waals surface area contributed by atoms with Crippen molar-refractivity contribution in [1.29, 1.82) is 0 Å². The van der Waals surface area contributed by atoms with Crippen LogP contribution in [-0.2, 0) is 0 Å². The highest BCUT2D eigenvalue weighted by Crippen LogP contribution is 2.33. The van der Waals surface area contributed by atoms with Crippen LogP contribution in [-0.4, -0.2) is 56.3 Å². The summed E-state index contributed by atoms with van der Waals surface area (Å²) in [6, 6.07) is 22.9. The number of benzene rings is 3. The quantitative estimate of drug-likeness (QED) is 0.435. The molecule has 1 fully saturated rings. The molecule has 5 rings (SSSR count). The van der Waals surface area contributed by atoms with Crippen LogP contribution in [0.25, 0.3) is 21.8 Å². The molecule has 4 aromatic rings. The van der Waals surface area contributed by atoms with Crippen molar-refractivity contribution in [3.63, 3.8) is 0 Å². The van der Waals surface area contributed by atoms with Gasteiger partial charge in [-0.15, -0.1) is 0 Å². The Balaban J connectivity index is 1.14. The zero-order chi connectivity index (χ0) is 21.0. The molecule has 1 aliphatic rings. The van der Waals surface area contributed by atoms with Crippen LogP contribution in [0.5, 0.6) is 11.5 Å². The number of fused-ring (bicyclic) bond motifs is 3. The highest BCUT2D eigenvalue weighted by Gasteiger charge is 2.19. The smallest absolute Gasteiger partial charge is 0.142 e. The van der Waals surface area contributed by atoms with Crippen LogP contribution in [0.2, 0.25) is 0 Å². The number of nitrogens with one attached hydrogen (secondary N) is 1. The van der Waals surface area contributed by atoms with Crippen LogP contribution in [0.15, 0.2) is 66.7 Å². The van der Waals surface area contributed by atoms with Crippen molar-refractivity contribution in [2.24, 2.45) is 0 Å². The van der Waals surface area contributed by atoms with Gasteiger partial charge in [-0.05, 0) is 36.8 Å². The molecule has 1 aliphatic heterocycles. The number of aromatic amines is 1. The Morgan fingerprint density at radius 2 is 1.55 bits per heavy atom. The molecule has 5 nitrogen and oxygen atoms in total. The summed E-state index contributed by atoms with van der Waals surface area (Å²) >= 11 is 0. The molecule has 31 heavy (non-hydrogen) atoms. The number of piperazine rings is 1. The van der Waals surface area contributed by atoms with E-state index < -0.39 is 0 Å². The number of hydrogen-bond donors (Lipinski definition) is 1. The highest BCUT2D eigenvalue weighted by molar-refractivity contribution is 6.10. The van der Waals surface area contributed by atoms with E-state index in [1.54, 1.807) is 7.11 Å². The van der Waals surface area contributed by atoms with E-state index in [0.29, 0.717) is 0 Å². The summed E-state index contributed by atoms with van der Waals surface area (Å²) < 4.78 is 11.7. The molecule has 5 heteroatoms. The second-order valence-electron chi connectivity index (χ2n) is 8.05. The zero-order valence-corrected chi connectivity index (χ0v) is 18.0. The van der Waals surface area contributed by atoms with Gasteiger partial charge in [-0.2, -0.15) is 0 Å². The third-order valence-corrected chi connectivity index (χ3v) is 6.17. The van der Waals surface area contributed by atoms with Crippen LogP contribution in [0.1, 0.15) is 6.42 Å². The first-order chi connectivity index (χ1) is 15.3. The molecule has 3 aromatic carbocycles. The van der Waals surface area contributed by atoms with E-state index in [0.717, 1.165) is 68.3 Å². The number of para-hydroxylation sites is 3. The zero-order valence-electron chi connectivity index (χ0n) is 18.0. The van der Waals surface area contributed by atoms with Crippen molar-refractivity contribution in [2.45, 2.75) is 6.42 Å². The molecule has 0 amide bonds. The molecule has 0 bridgehead atoms. The molecule has 1 saturated heterocycles. The summed E-state index contributed by atoms with van der Waals surface area (Å²) in [6.07, 6.45) is 1.02. The first-order valence-electron chi connectivity index (χ1n) is 11.1. The maximum absolute atomic E-state index is 6.22. The molecule has 2 heterocycles. The average Bonchev–Trinajstić information content (AvgIpc) is 3.21. The van der Waals surface area contributed by atoms with Crippen molar-refractivity contribution in [3.8, 4) is 11.5 Å². The van der Waals surface area contributed by atoms with Gasteiger partial charge in [-0.25, -0.2) is 0 Å². The Morgan fingerprint density at radius 1 is 0.806 bits per heavy atom. The fourth-order valence-electron chi connectivity index (χ4n) is 4.56. The van der Waals surface area contributed by atoms with Gasteiger partial charge in [0.1, 0.15) is 11.5 Å². The normalized spacial score (nSPS) is 14.9. The number of ether oxygens (including phenoxy) is 2. The third kappa shape index (κ3) is 4.06. The van der Waals surface area contributed by atoms with E-state index in [-0.39, 0.29) is 0 Å². The fourth-order valence-corrected chi connectivity index (χ4v) is 4.56. The first kappa shape index (κ1) is 19.8. The Bertz CT molecular complexity index is 1160. The molecule has 160 valence electrons. The van der Waals surface area contributed by atoms with Crippen molar-refractivity contribution >= 4 is 27.5 Å². The number of anilines is 1. The van der Waals surface area contributed by atoms with Gasteiger partial charge >= 0.3 is 0 Å². The lowest BCUT2D eigenvalue weighted by Crippen LogP contribution is -2.46. The highest BCUT2D eigenvalue weighted by atomic mass is 16.5. The third-order valence-electron chi connectivity index (χ3n) is 6.17. The van der Waals surface area contributed by atoms with Crippen LogP contribution in [0.4, 0.5) is 5.69 Å². The second-order valence-corrected chi connectivity index (χ2v) is 8.05. The maximum atomic E-state index is 6.22. The SMILES string of the molecule is COc1ccccc1N1CCN(CCCOc2cccc3[nH]c4ccccc4c23)CC1. The summed E-state index contributed by atoms with van der Waals surface area (Å²) in [4.78, 5) is 8.43. The fraction of sp³-hybridized carbons (Fsp3) is 0.308. The Kier molecular flexibility index (Phi) is 5.67. The average molecular weight is 416 g/mol. The lowest BCUT2D eigenvalue weighted by atomic mass is 10.1. The van der Waals surface area contributed by atoms with Gasteiger partial charge in [-0.1, -0.05) is 36.4 Å². The molecule has 1 N–H and O–H groups in total. The lowest BCUT2D eigenvalue weighted by molar-refractivity contribution is 0.225. The number of nitrogens with zero attached hydrogens (tertiary/aromatic N) is 2. The second kappa shape index (κ2) is 8.90. The van der Waals surface area contributed by atoms with Crippen LogP contribution in [0.3, 0.4) is 0 Å². The van der Waals surface area contributed by atoms with E-state index >= 15 is 0 Å². The van der Waals surface area contributed by atoms with Crippen molar-refractivity contribution in [3.05, 3.63) is 66.7 Å². The predicted octanol–water partition coefficient (Wildman–Crippen LogP) is 4.92. The van der Waals surface area contributed by atoms with E-state index in [2.05, 4.69) is 69.4 Å². The first-order valence-corrected chi connectivity index (χ1v) is 11.1. The predicted molar refractivity (Wildman–Crippen MR) is 128 cm³/mol. The van der Waals surface area contributed by atoms with Crippen LogP contribution >= 0.6 is 0 Å². The largest absolute Gasteiger partial charge is 0.495 e. The molecule has 0 aliphatic carbocycles. The van der Waals surface area contributed by atoms with E-state index in [1.807, 2.05) is 12.1 Å². The minimum Gasteiger partial charge on any atom is -0.495 e. The van der Waals surface area contributed by atoms with Gasteiger partial charge in [0.25, 0.3) is 0 Å². The Morgan fingerprint density at radius 3 is 2.42 bits per heavy atom. The minimum atomic E-state index is 0.728. The van der Waals surface area contributed by atoms with E-state index in [1.165, 1.54) is 16.5 Å². The van der Waals surface area contributed by atoms with Crippen molar-refractivity contribution in [1.82, 2.24) is 9.88 Å². The summed E-state index contributed by atoms with van der Waals surface area (Å²) in [5.74, 6) is 1.92. The van der Waals surface area contributed by atoms with Gasteiger partial charge in [0.15, 0.2) is 0 Å². The van der Waals surface area contributed by atoms with Gasteiger partial charge < -0.3 is 19.4 Å². The molecule has 1 aromatic heterocycles. The number of hydrogen-bond acceptors (Lipinski definition) is 4. The van der Waals surface area contributed by atoms with Gasteiger partial charge in [0.2, 0.25) is 0 Å². The molecular weight excluding hydrogens is 386 g/mol. The lowest BCUT2D eigenvalue weighted by Gasteiger charge is -2.36. The summed E-state index contributed by atoms with van der Waals surface area (Å²) in [6.45, 7) is 5.97. The maximum Gasteiger partial charge on any atom is 0.142 e. The molecular formula is C26H29N3O2. The molecule has 0 spiro atoms. The van der Waals surface area contributed by atoms with Crippen molar-refractivity contribution < 1.29 is 9.47 Å². The molecule has 0 atom stereocenters.